The second kappa shape index (κ2) is 13.8. The number of carbonyl (C=O) groups is 3. The summed E-state index contributed by atoms with van der Waals surface area (Å²) in [6.45, 7) is 9.01. The first-order valence-corrected chi connectivity index (χ1v) is 13.7. The second-order valence-corrected chi connectivity index (χ2v) is 12.8. The fourth-order valence-electron chi connectivity index (χ4n) is 3.96. The van der Waals surface area contributed by atoms with Gasteiger partial charge in [0.05, 0.1) is 6.04 Å². The fraction of sp³-hybridized carbons (Fsp3) is 0.625. The maximum absolute atomic E-state index is 13.2. The van der Waals surface area contributed by atoms with Crippen molar-refractivity contribution in [2.24, 2.45) is 11.3 Å². The summed E-state index contributed by atoms with van der Waals surface area (Å²) in [4.78, 5) is 37.8. The summed E-state index contributed by atoms with van der Waals surface area (Å²) in [5, 5.41) is 18.1. The molecule has 11 nitrogen and oxygen atoms in total. The van der Waals surface area contributed by atoms with E-state index in [1.54, 1.807) is 39.0 Å². The first-order valence-electron chi connectivity index (χ1n) is 11.8. The van der Waals surface area contributed by atoms with E-state index < -0.39 is 56.4 Å². The molecule has 0 aromatic heterocycles. The van der Waals surface area contributed by atoms with E-state index in [1.807, 2.05) is 19.9 Å². The van der Waals surface area contributed by atoms with Crippen molar-refractivity contribution in [3.63, 3.8) is 0 Å². The van der Waals surface area contributed by atoms with Crippen molar-refractivity contribution in [3.05, 3.63) is 34.9 Å². The minimum absolute atomic E-state index is 0. The summed E-state index contributed by atoms with van der Waals surface area (Å²) in [5.74, 6) is -1.91. The van der Waals surface area contributed by atoms with Gasteiger partial charge in [-0.05, 0) is 36.0 Å². The average Bonchev–Trinajstić information content (AvgIpc) is 3.18. The van der Waals surface area contributed by atoms with Crippen molar-refractivity contribution in [1.29, 1.82) is 0 Å². The Hall–Kier alpha value is -1.41. The van der Waals surface area contributed by atoms with Crippen molar-refractivity contribution in [3.8, 4) is 0 Å². The van der Waals surface area contributed by atoms with E-state index in [2.05, 4.69) is 16.0 Å². The number of nitrogens with one attached hydrogen (secondary N) is 3. The maximum atomic E-state index is 13.2. The number of hydrogen-bond donors (Lipinski definition) is 4. The van der Waals surface area contributed by atoms with Crippen LogP contribution in [0, 0.1) is 11.3 Å². The molecule has 208 valence electrons. The van der Waals surface area contributed by atoms with E-state index in [9.17, 15) is 32.5 Å². The molecule has 1 heterocycles. The van der Waals surface area contributed by atoms with Crippen LogP contribution in [0.5, 0.6) is 0 Å². The molecule has 38 heavy (non-hydrogen) atoms. The van der Waals surface area contributed by atoms with Crippen molar-refractivity contribution in [2.45, 2.75) is 70.4 Å². The number of hydrogen-bond acceptors (Lipinski definition) is 8. The smallest absolute Gasteiger partial charge is 0.746 e. The first kappa shape index (κ1) is 34.6. The van der Waals surface area contributed by atoms with Gasteiger partial charge in [0.15, 0.2) is 5.44 Å². The number of benzene rings is 1. The van der Waals surface area contributed by atoms with Gasteiger partial charge in [0.1, 0.15) is 22.8 Å². The summed E-state index contributed by atoms with van der Waals surface area (Å²) in [6.07, 6.45) is -0.809. The molecule has 1 fully saturated rings. The van der Waals surface area contributed by atoms with E-state index in [1.165, 1.54) is 0 Å². The molecule has 14 heteroatoms. The predicted molar refractivity (Wildman–Crippen MR) is 136 cm³/mol. The molecule has 0 saturated carbocycles. The summed E-state index contributed by atoms with van der Waals surface area (Å²) in [6, 6.07) is 4.32. The molecule has 0 bridgehead atoms. The van der Waals surface area contributed by atoms with Gasteiger partial charge in [-0.2, -0.15) is 0 Å². The Balaban J connectivity index is 0.00000722. The third-order valence-electron chi connectivity index (χ3n) is 6.23. The number of rotatable bonds is 10. The molecular formula is C24H35ClN3NaO8S. The molecule has 0 radical (unpaired) electrons. The Bertz CT molecular complexity index is 1110. The van der Waals surface area contributed by atoms with Gasteiger partial charge in [-0.3, -0.25) is 9.59 Å². The number of halogens is 1. The SMILES string of the molecule is CC(C)(COC(=O)N[C@H](C(=O)N[C@@H](C[C@@H]1CCNC1=O)C(O)S(=O)(=O)[O-])C(C)(C)C)c1cccc(Cl)c1.[Na+]. The molecule has 1 aromatic rings. The van der Waals surface area contributed by atoms with Crippen molar-refractivity contribution < 1.29 is 66.8 Å². The molecule has 1 aromatic carbocycles. The fourth-order valence-corrected chi connectivity index (χ4v) is 4.74. The zero-order chi connectivity index (χ0) is 28.2. The molecule has 1 saturated heterocycles. The normalized spacial score (nSPS) is 18.4. The van der Waals surface area contributed by atoms with Crippen LogP contribution in [0.1, 0.15) is 53.0 Å². The number of aliphatic hydroxyl groups is 1. The third-order valence-corrected chi connectivity index (χ3v) is 7.38. The topological polar surface area (TPSA) is 174 Å². The standard InChI is InChI=1S/C24H36ClN3O8S.Na/c1-23(2,3)18(28-22(32)36-13-24(4,5)15-7-6-8-16(25)12-15)20(30)27-17(21(31)37(33,34)35)11-14-9-10-26-19(14)29;/h6-8,12,14,17-18,21,31H,9-11,13H2,1-5H3,(H,26,29)(H,27,30)(H,28,32)(H,33,34,35);/q;+1/p-1/t14-,17-,18+,21?;/m0./s1. The quantitative estimate of drug-likeness (QED) is 0.193. The van der Waals surface area contributed by atoms with Gasteiger partial charge in [-0.1, -0.05) is 58.4 Å². The molecule has 2 rings (SSSR count). The Kier molecular flexibility index (Phi) is 12.6. The Morgan fingerprint density at radius 3 is 2.37 bits per heavy atom. The maximum Gasteiger partial charge on any atom is 1.00 e. The minimum Gasteiger partial charge on any atom is -0.746 e. The van der Waals surface area contributed by atoms with Crippen molar-refractivity contribution in [1.82, 2.24) is 16.0 Å². The third kappa shape index (κ3) is 9.96. The van der Waals surface area contributed by atoms with Crippen molar-refractivity contribution >= 4 is 39.6 Å². The summed E-state index contributed by atoms with van der Waals surface area (Å²) in [5.41, 5.74) is -3.11. The number of amides is 3. The molecule has 1 aliphatic rings. The monoisotopic (exact) mass is 583 g/mol. The van der Waals surface area contributed by atoms with E-state index in [0.717, 1.165) is 5.56 Å². The Morgan fingerprint density at radius 1 is 1.24 bits per heavy atom. The van der Waals surface area contributed by atoms with Crippen LogP contribution in [0.15, 0.2) is 24.3 Å². The van der Waals surface area contributed by atoms with E-state index in [0.29, 0.717) is 18.0 Å². The van der Waals surface area contributed by atoms with Crippen LogP contribution in [-0.2, 0) is 29.9 Å². The Morgan fingerprint density at radius 2 is 1.87 bits per heavy atom. The van der Waals surface area contributed by atoms with Crippen LogP contribution in [-0.4, -0.2) is 66.7 Å². The van der Waals surface area contributed by atoms with Gasteiger partial charge in [-0.15, -0.1) is 0 Å². The Labute approximate surface area is 250 Å². The van der Waals surface area contributed by atoms with E-state index >= 15 is 0 Å². The summed E-state index contributed by atoms with van der Waals surface area (Å²) >= 11 is 6.06. The first-order chi connectivity index (χ1) is 16.9. The van der Waals surface area contributed by atoms with Crippen LogP contribution in [0.3, 0.4) is 0 Å². The second-order valence-electron chi connectivity index (χ2n) is 10.9. The zero-order valence-corrected chi connectivity index (χ0v) is 26.1. The average molecular weight is 584 g/mol. The van der Waals surface area contributed by atoms with E-state index in [-0.39, 0.29) is 48.5 Å². The summed E-state index contributed by atoms with van der Waals surface area (Å²) in [7, 11) is -5.21. The van der Waals surface area contributed by atoms with Crippen LogP contribution < -0.4 is 45.5 Å². The van der Waals surface area contributed by atoms with Crippen LogP contribution in [0.2, 0.25) is 5.02 Å². The number of carbonyl (C=O) groups excluding carboxylic acids is 3. The number of alkyl carbamates (subject to hydrolysis) is 1. The van der Waals surface area contributed by atoms with Gasteiger partial charge in [0.2, 0.25) is 11.8 Å². The van der Waals surface area contributed by atoms with Gasteiger partial charge >= 0.3 is 35.7 Å². The van der Waals surface area contributed by atoms with Gasteiger partial charge in [0, 0.05) is 22.9 Å². The van der Waals surface area contributed by atoms with Gasteiger partial charge in [0.25, 0.3) is 0 Å². The molecule has 0 aliphatic carbocycles. The molecule has 4 N–H and O–H groups in total. The molecule has 0 spiro atoms. The minimum atomic E-state index is -5.21. The predicted octanol–water partition coefficient (Wildman–Crippen LogP) is -1.36. The van der Waals surface area contributed by atoms with Crippen LogP contribution in [0.25, 0.3) is 0 Å². The van der Waals surface area contributed by atoms with Crippen LogP contribution >= 0.6 is 11.6 Å². The zero-order valence-electron chi connectivity index (χ0n) is 22.5. The summed E-state index contributed by atoms with van der Waals surface area (Å²) < 4.78 is 39.9. The van der Waals surface area contributed by atoms with Crippen LogP contribution in [0.4, 0.5) is 4.79 Å². The molecule has 1 aliphatic heterocycles. The van der Waals surface area contributed by atoms with E-state index in [4.69, 9.17) is 16.3 Å². The molecular weight excluding hydrogens is 549 g/mol. The number of aliphatic hydroxyl groups excluding tert-OH is 1. The van der Waals surface area contributed by atoms with Gasteiger partial charge in [-0.25, -0.2) is 13.2 Å². The van der Waals surface area contributed by atoms with Crippen molar-refractivity contribution in [2.75, 3.05) is 13.2 Å². The number of ether oxygens (including phenoxy) is 1. The molecule has 4 atom stereocenters. The molecule has 3 amide bonds. The largest absolute Gasteiger partial charge is 1.00 e. The van der Waals surface area contributed by atoms with Gasteiger partial charge < -0.3 is 30.3 Å². The molecule has 1 unspecified atom stereocenters.